The molecule has 0 saturated carbocycles. The van der Waals surface area contributed by atoms with E-state index in [1.54, 1.807) is 0 Å². The number of piperidine rings is 1. The first-order valence-electron chi connectivity index (χ1n) is 6.42. The van der Waals surface area contributed by atoms with Crippen molar-refractivity contribution in [2.75, 3.05) is 32.9 Å². The SMILES string of the molecule is CCOC(CCOC1CCNCC1)OCC. The molecule has 1 rings (SSSR count). The van der Waals surface area contributed by atoms with Gasteiger partial charge >= 0.3 is 0 Å². The van der Waals surface area contributed by atoms with Crippen molar-refractivity contribution in [1.82, 2.24) is 5.32 Å². The van der Waals surface area contributed by atoms with E-state index in [4.69, 9.17) is 14.2 Å². The second-order valence-electron chi connectivity index (χ2n) is 3.95. The molecule has 0 radical (unpaired) electrons. The van der Waals surface area contributed by atoms with Crippen LogP contribution in [0, 0.1) is 0 Å². The van der Waals surface area contributed by atoms with Crippen LogP contribution in [0.25, 0.3) is 0 Å². The average molecular weight is 231 g/mol. The highest BCUT2D eigenvalue weighted by molar-refractivity contribution is 4.68. The predicted octanol–water partition coefficient (Wildman–Crippen LogP) is 1.54. The summed E-state index contributed by atoms with van der Waals surface area (Å²) in [5.74, 6) is 0. The van der Waals surface area contributed by atoms with Crippen LogP contribution in [0.1, 0.15) is 33.1 Å². The molecule has 0 aliphatic carbocycles. The first-order chi connectivity index (χ1) is 7.86. The van der Waals surface area contributed by atoms with Crippen molar-refractivity contribution in [1.29, 1.82) is 0 Å². The topological polar surface area (TPSA) is 39.7 Å². The molecule has 4 heteroatoms. The van der Waals surface area contributed by atoms with E-state index in [0.717, 1.165) is 39.0 Å². The Bertz CT molecular complexity index is 154. The average Bonchev–Trinajstić information content (AvgIpc) is 2.31. The monoisotopic (exact) mass is 231 g/mol. The van der Waals surface area contributed by atoms with E-state index in [-0.39, 0.29) is 6.29 Å². The normalized spacial score (nSPS) is 18.2. The summed E-state index contributed by atoms with van der Waals surface area (Å²) in [7, 11) is 0. The van der Waals surface area contributed by atoms with Crippen molar-refractivity contribution in [3.05, 3.63) is 0 Å². The zero-order valence-electron chi connectivity index (χ0n) is 10.5. The minimum atomic E-state index is -0.100. The molecule has 0 bridgehead atoms. The maximum absolute atomic E-state index is 5.81. The molecule has 16 heavy (non-hydrogen) atoms. The van der Waals surface area contributed by atoms with Crippen LogP contribution in [0.4, 0.5) is 0 Å². The number of nitrogens with one attached hydrogen (secondary N) is 1. The van der Waals surface area contributed by atoms with Crippen LogP contribution in [-0.2, 0) is 14.2 Å². The van der Waals surface area contributed by atoms with Crippen LogP contribution in [0.5, 0.6) is 0 Å². The fraction of sp³-hybridized carbons (Fsp3) is 1.00. The highest BCUT2D eigenvalue weighted by atomic mass is 16.7. The van der Waals surface area contributed by atoms with Gasteiger partial charge < -0.3 is 19.5 Å². The summed E-state index contributed by atoms with van der Waals surface area (Å²) >= 11 is 0. The van der Waals surface area contributed by atoms with Crippen molar-refractivity contribution in [2.45, 2.75) is 45.5 Å². The van der Waals surface area contributed by atoms with E-state index in [9.17, 15) is 0 Å². The largest absolute Gasteiger partial charge is 0.378 e. The Hall–Kier alpha value is -0.160. The second kappa shape index (κ2) is 8.93. The number of hydrogen-bond acceptors (Lipinski definition) is 4. The molecular formula is C12H25NO3. The molecule has 0 amide bonds. The second-order valence-corrected chi connectivity index (χ2v) is 3.95. The van der Waals surface area contributed by atoms with Gasteiger partial charge in [-0.15, -0.1) is 0 Å². The van der Waals surface area contributed by atoms with Gasteiger partial charge in [0.1, 0.15) is 0 Å². The molecule has 1 saturated heterocycles. The molecule has 0 aromatic rings. The van der Waals surface area contributed by atoms with Crippen LogP contribution in [0.2, 0.25) is 0 Å². The van der Waals surface area contributed by atoms with Crippen LogP contribution < -0.4 is 5.32 Å². The molecule has 0 aromatic carbocycles. The van der Waals surface area contributed by atoms with Crippen LogP contribution in [-0.4, -0.2) is 45.3 Å². The minimum Gasteiger partial charge on any atom is -0.378 e. The number of hydrogen-bond donors (Lipinski definition) is 1. The van der Waals surface area contributed by atoms with E-state index >= 15 is 0 Å². The molecular weight excluding hydrogens is 206 g/mol. The summed E-state index contributed by atoms with van der Waals surface area (Å²) < 4.78 is 16.7. The zero-order chi connectivity index (χ0) is 11.6. The quantitative estimate of drug-likeness (QED) is 0.643. The molecule has 1 N–H and O–H groups in total. The molecule has 4 nitrogen and oxygen atoms in total. The van der Waals surface area contributed by atoms with Gasteiger partial charge in [-0.25, -0.2) is 0 Å². The molecule has 1 aliphatic rings. The lowest BCUT2D eigenvalue weighted by Crippen LogP contribution is -2.33. The van der Waals surface area contributed by atoms with Gasteiger partial charge in [0, 0.05) is 19.6 Å². The lowest BCUT2D eigenvalue weighted by molar-refractivity contribution is -0.149. The lowest BCUT2D eigenvalue weighted by Gasteiger charge is -2.24. The van der Waals surface area contributed by atoms with Gasteiger partial charge in [-0.2, -0.15) is 0 Å². The van der Waals surface area contributed by atoms with Gasteiger partial charge in [-0.1, -0.05) is 0 Å². The Kier molecular flexibility index (Phi) is 7.76. The summed E-state index contributed by atoms with van der Waals surface area (Å²) in [6.07, 6.45) is 3.38. The van der Waals surface area contributed by atoms with E-state index < -0.39 is 0 Å². The first kappa shape index (κ1) is 13.9. The Morgan fingerprint density at radius 1 is 1.12 bits per heavy atom. The van der Waals surface area contributed by atoms with Gasteiger partial charge in [0.05, 0.1) is 12.7 Å². The van der Waals surface area contributed by atoms with Crippen molar-refractivity contribution < 1.29 is 14.2 Å². The van der Waals surface area contributed by atoms with Crippen LogP contribution >= 0.6 is 0 Å². The summed E-state index contributed by atoms with van der Waals surface area (Å²) in [5.41, 5.74) is 0. The third kappa shape index (κ3) is 5.80. The third-order valence-electron chi connectivity index (χ3n) is 2.70. The Balaban J connectivity index is 2.06. The van der Waals surface area contributed by atoms with Gasteiger partial charge in [0.15, 0.2) is 6.29 Å². The predicted molar refractivity (Wildman–Crippen MR) is 63.5 cm³/mol. The number of ether oxygens (including phenoxy) is 3. The highest BCUT2D eigenvalue weighted by Gasteiger charge is 2.14. The molecule has 1 aliphatic heterocycles. The summed E-state index contributed by atoms with van der Waals surface area (Å²) in [4.78, 5) is 0. The van der Waals surface area contributed by atoms with Crippen LogP contribution in [0.15, 0.2) is 0 Å². The number of rotatable bonds is 8. The molecule has 0 unspecified atom stereocenters. The van der Waals surface area contributed by atoms with Crippen molar-refractivity contribution in [3.8, 4) is 0 Å². The molecule has 1 heterocycles. The van der Waals surface area contributed by atoms with Gasteiger partial charge in [0.2, 0.25) is 0 Å². The fourth-order valence-electron chi connectivity index (χ4n) is 1.88. The smallest absolute Gasteiger partial charge is 0.159 e. The Morgan fingerprint density at radius 2 is 1.75 bits per heavy atom. The van der Waals surface area contributed by atoms with E-state index in [2.05, 4.69) is 5.32 Å². The standard InChI is InChI=1S/C12H25NO3/c1-3-14-12(15-4-2)7-10-16-11-5-8-13-9-6-11/h11-13H,3-10H2,1-2H3. The summed E-state index contributed by atoms with van der Waals surface area (Å²) in [6.45, 7) is 8.24. The van der Waals surface area contributed by atoms with E-state index in [0.29, 0.717) is 19.3 Å². The molecule has 96 valence electrons. The van der Waals surface area contributed by atoms with Crippen LogP contribution in [0.3, 0.4) is 0 Å². The maximum atomic E-state index is 5.81. The molecule has 0 atom stereocenters. The minimum absolute atomic E-state index is 0.100. The molecule has 0 spiro atoms. The third-order valence-corrected chi connectivity index (χ3v) is 2.70. The first-order valence-corrected chi connectivity index (χ1v) is 6.42. The van der Waals surface area contributed by atoms with Crippen molar-refractivity contribution >= 4 is 0 Å². The maximum Gasteiger partial charge on any atom is 0.159 e. The highest BCUT2D eigenvalue weighted by Crippen LogP contribution is 2.09. The van der Waals surface area contributed by atoms with Gasteiger partial charge in [-0.05, 0) is 39.8 Å². The summed E-state index contributed by atoms with van der Waals surface area (Å²) in [6, 6.07) is 0. The summed E-state index contributed by atoms with van der Waals surface area (Å²) in [5, 5.41) is 3.33. The molecule has 0 aromatic heterocycles. The van der Waals surface area contributed by atoms with E-state index in [1.807, 2.05) is 13.8 Å². The van der Waals surface area contributed by atoms with Gasteiger partial charge in [0.25, 0.3) is 0 Å². The van der Waals surface area contributed by atoms with E-state index in [1.165, 1.54) is 0 Å². The molecule has 1 fully saturated rings. The van der Waals surface area contributed by atoms with Crippen molar-refractivity contribution in [2.24, 2.45) is 0 Å². The van der Waals surface area contributed by atoms with Gasteiger partial charge in [-0.3, -0.25) is 0 Å². The Morgan fingerprint density at radius 3 is 2.31 bits per heavy atom. The zero-order valence-corrected chi connectivity index (χ0v) is 10.5. The lowest BCUT2D eigenvalue weighted by atomic mass is 10.1. The fourth-order valence-corrected chi connectivity index (χ4v) is 1.88. The Labute approximate surface area is 98.6 Å². The van der Waals surface area contributed by atoms with Crippen molar-refractivity contribution in [3.63, 3.8) is 0 Å².